The van der Waals surface area contributed by atoms with E-state index in [-0.39, 0.29) is 21.8 Å². The maximum absolute atomic E-state index is 14.1. The van der Waals surface area contributed by atoms with Crippen LogP contribution in [0.4, 0.5) is 15.9 Å². The minimum absolute atomic E-state index is 0.0812. The third-order valence-corrected chi connectivity index (χ3v) is 8.70. The van der Waals surface area contributed by atoms with Crippen LogP contribution in [-0.2, 0) is 10.2 Å². The summed E-state index contributed by atoms with van der Waals surface area (Å²) < 4.78 is 20.2. The summed E-state index contributed by atoms with van der Waals surface area (Å²) in [6.07, 6.45) is 3.75. The second-order valence-electron chi connectivity index (χ2n) is 10.4. The Labute approximate surface area is 225 Å². The summed E-state index contributed by atoms with van der Waals surface area (Å²) in [4.78, 5) is 17.5. The fraction of sp³-hybridized carbons (Fsp3) is 0.357. The molecule has 1 saturated heterocycles. The molecule has 2 aliphatic rings. The van der Waals surface area contributed by atoms with Crippen LogP contribution in [-0.4, -0.2) is 34.9 Å². The number of anilines is 2. The molecule has 0 saturated carbocycles. The fourth-order valence-electron chi connectivity index (χ4n) is 5.80. The van der Waals surface area contributed by atoms with Crippen molar-refractivity contribution in [2.75, 3.05) is 24.1 Å². The monoisotopic (exact) mass is 542 g/mol. The van der Waals surface area contributed by atoms with E-state index < -0.39 is 11.9 Å². The molecule has 0 radical (unpaired) electrons. The van der Waals surface area contributed by atoms with Gasteiger partial charge in [0, 0.05) is 52.1 Å². The molecule has 5 rings (SSSR count). The van der Waals surface area contributed by atoms with Crippen molar-refractivity contribution in [1.82, 2.24) is 9.88 Å². The minimum Gasteiger partial charge on any atom is -0.482 e. The molecular formula is C28H29Cl2FN4O2. The van der Waals surface area contributed by atoms with E-state index in [4.69, 9.17) is 33.7 Å². The predicted molar refractivity (Wildman–Crippen MR) is 146 cm³/mol. The molecule has 0 bridgehead atoms. The van der Waals surface area contributed by atoms with Crippen LogP contribution in [0, 0.1) is 5.82 Å². The lowest BCUT2D eigenvalue weighted by atomic mass is 9.63. The summed E-state index contributed by atoms with van der Waals surface area (Å²) in [6.45, 7) is 7.64. The van der Waals surface area contributed by atoms with Gasteiger partial charge in [0.15, 0.2) is 11.6 Å². The number of carbonyl (C=O) groups excluding carboxylic acids is 1. The van der Waals surface area contributed by atoms with Gasteiger partial charge in [-0.3, -0.25) is 4.79 Å². The van der Waals surface area contributed by atoms with Crippen molar-refractivity contribution in [2.45, 2.75) is 50.7 Å². The number of benzene rings is 2. The number of piperidine rings is 1. The van der Waals surface area contributed by atoms with Crippen molar-refractivity contribution in [3.05, 3.63) is 69.6 Å². The Hall–Kier alpha value is -3.03. The number of likely N-dealkylation sites (tertiary alicyclic amines) is 1. The lowest BCUT2D eigenvalue weighted by molar-refractivity contribution is -0.119. The van der Waals surface area contributed by atoms with E-state index in [0.717, 1.165) is 49.2 Å². The minimum atomic E-state index is -0.661. The van der Waals surface area contributed by atoms with Crippen molar-refractivity contribution in [1.29, 1.82) is 0 Å². The highest BCUT2D eigenvalue weighted by Crippen LogP contribution is 2.54. The molecule has 3 N–H and O–H groups in total. The number of hydrogen-bond donors (Lipinski definition) is 2. The Morgan fingerprint density at radius 1 is 1.16 bits per heavy atom. The standard InChI is InChI=1S/C28H29Cl2FN4O2/c1-16(24-20(29)5-6-21(31)25(24)30)37-23-13-18(14-33-26(23)32)17-4-7-22-19(12-17)28(27(2,3)34-22)8-10-35(15-36)11-9-28/h4-7,12-16,34H,8-11H2,1-3H3,(H2,32,33)/t16-/m1/s1. The maximum Gasteiger partial charge on any atom is 0.209 e. The molecule has 37 heavy (non-hydrogen) atoms. The molecule has 1 aromatic heterocycles. The summed E-state index contributed by atoms with van der Waals surface area (Å²) in [6, 6.07) is 10.8. The van der Waals surface area contributed by atoms with E-state index in [1.165, 1.54) is 17.7 Å². The first-order chi connectivity index (χ1) is 17.6. The second-order valence-corrected chi connectivity index (χ2v) is 11.1. The van der Waals surface area contributed by atoms with Gasteiger partial charge in [0.25, 0.3) is 0 Å². The van der Waals surface area contributed by atoms with Crippen LogP contribution in [0.1, 0.15) is 50.8 Å². The smallest absolute Gasteiger partial charge is 0.209 e. The SMILES string of the molecule is C[C@@H](Oc1cc(-c2ccc3c(c2)C2(CCN(C=O)CC2)C(C)(C)N3)cnc1N)c1c(Cl)ccc(F)c1Cl. The van der Waals surface area contributed by atoms with Crippen LogP contribution in [0.3, 0.4) is 0 Å². The number of fused-ring (bicyclic) bond motifs is 2. The molecule has 6 nitrogen and oxygen atoms in total. The Morgan fingerprint density at radius 3 is 2.59 bits per heavy atom. The van der Waals surface area contributed by atoms with Crippen LogP contribution < -0.4 is 15.8 Å². The average Bonchev–Trinajstić information content (AvgIpc) is 3.08. The predicted octanol–water partition coefficient (Wildman–Crippen LogP) is 6.61. The number of hydrogen-bond acceptors (Lipinski definition) is 5. The van der Waals surface area contributed by atoms with E-state index >= 15 is 0 Å². The van der Waals surface area contributed by atoms with Crippen molar-refractivity contribution in [3.8, 4) is 16.9 Å². The Kier molecular flexibility index (Phi) is 6.49. The summed E-state index contributed by atoms with van der Waals surface area (Å²) in [7, 11) is 0. The van der Waals surface area contributed by atoms with Crippen molar-refractivity contribution in [3.63, 3.8) is 0 Å². The molecule has 194 valence electrons. The third kappa shape index (κ3) is 4.28. The number of nitrogen functional groups attached to an aromatic ring is 1. The first-order valence-corrected chi connectivity index (χ1v) is 13.0. The number of aromatic nitrogens is 1. The van der Waals surface area contributed by atoms with Crippen LogP contribution in [0.25, 0.3) is 11.1 Å². The van der Waals surface area contributed by atoms with Crippen molar-refractivity contribution < 1.29 is 13.9 Å². The Bertz CT molecular complexity index is 1370. The molecule has 0 aliphatic carbocycles. The van der Waals surface area contributed by atoms with Crippen molar-refractivity contribution >= 4 is 41.1 Å². The lowest BCUT2D eigenvalue weighted by Gasteiger charge is -2.46. The lowest BCUT2D eigenvalue weighted by Crippen LogP contribution is -2.53. The first kappa shape index (κ1) is 25.6. The number of nitrogens with one attached hydrogen (secondary N) is 1. The molecule has 3 heterocycles. The van der Waals surface area contributed by atoms with Gasteiger partial charge < -0.3 is 20.7 Å². The number of halogens is 3. The van der Waals surface area contributed by atoms with Crippen LogP contribution in [0.5, 0.6) is 5.75 Å². The second kappa shape index (κ2) is 9.37. The van der Waals surface area contributed by atoms with Crippen LogP contribution in [0.15, 0.2) is 42.6 Å². The molecule has 0 unspecified atom stereocenters. The fourth-order valence-corrected chi connectivity index (χ4v) is 6.48. The molecule has 3 aromatic rings. The third-order valence-electron chi connectivity index (χ3n) is 7.98. The van der Waals surface area contributed by atoms with Gasteiger partial charge >= 0.3 is 0 Å². The van der Waals surface area contributed by atoms with Crippen LogP contribution in [0.2, 0.25) is 10.0 Å². The molecule has 1 atom stereocenters. The number of ether oxygens (including phenoxy) is 1. The number of amides is 1. The summed E-state index contributed by atoms with van der Waals surface area (Å²) >= 11 is 12.5. The number of rotatable bonds is 5. The summed E-state index contributed by atoms with van der Waals surface area (Å²) in [5.41, 5.74) is 10.4. The van der Waals surface area contributed by atoms with Crippen LogP contribution >= 0.6 is 23.2 Å². The molecular weight excluding hydrogens is 514 g/mol. The highest BCUT2D eigenvalue weighted by Gasteiger charge is 2.53. The maximum atomic E-state index is 14.1. The van der Waals surface area contributed by atoms with E-state index in [2.05, 4.69) is 36.3 Å². The molecule has 9 heteroatoms. The van der Waals surface area contributed by atoms with Gasteiger partial charge in [0.05, 0.1) is 5.02 Å². The van der Waals surface area contributed by atoms with Gasteiger partial charge in [-0.05, 0) is 75.1 Å². The van der Waals surface area contributed by atoms with Gasteiger partial charge in [0.1, 0.15) is 11.9 Å². The number of nitrogens with two attached hydrogens (primary N) is 1. The van der Waals surface area contributed by atoms with Gasteiger partial charge in [0.2, 0.25) is 6.41 Å². The highest BCUT2D eigenvalue weighted by molar-refractivity contribution is 6.36. The topological polar surface area (TPSA) is 80.5 Å². The quantitative estimate of drug-likeness (QED) is 0.280. The van der Waals surface area contributed by atoms with E-state index in [1.807, 2.05) is 17.0 Å². The average molecular weight is 543 g/mol. The number of carbonyl (C=O) groups is 1. The molecule has 1 spiro atoms. The largest absolute Gasteiger partial charge is 0.482 e. The van der Waals surface area contributed by atoms with Gasteiger partial charge in [-0.1, -0.05) is 29.3 Å². The zero-order valence-electron chi connectivity index (χ0n) is 20.9. The molecule has 1 fully saturated rings. The zero-order valence-corrected chi connectivity index (χ0v) is 22.5. The molecule has 2 aromatic carbocycles. The van der Waals surface area contributed by atoms with Gasteiger partial charge in [-0.25, -0.2) is 9.37 Å². The molecule has 2 aliphatic heterocycles. The summed E-state index contributed by atoms with van der Waals surface area (Å²) in [5.74, 6) is -0.00536. The van der Waals surface area contributed by atoms with E-state index in [0.29, 0.717) is 16.3 Å². The summed E-state index contributed by atoms with van der Waals surface area (Å²) in [5, 5.41) is 3.93. The van der Waals surface area contributed by atoms with Gasteiger partial charge in [-0.2, -0.15) is 0 Å². The number of nitrogens with zero attached hydrogens (tertiary/aromatic N) is 2. The highest BCUT2D eigenvalue weighted by atomic mass is 35.5. The Morgan fingerprint density at radius 2 is 1.89 bits per heavy atom. The number of pyridine rings is 1. The normalized spacial score (nSPS) is 18.3. The molecule has 1 amide bonds. The van der Waals surface area contributed by atoms with Gasteiger partial charge in [-0.15, -0.1) is 0 Å². The first-order valence-electron chi connectivity index (χ1n) is 12.2. The Balaban J connectivity index is 1.49. The van der Waals surface area contributed by atoms with E-state index in [1.54, 1.807) is 13.1 Å². The zero-order chi connectivity index (χ0) is 26.5. The van der Waals surface area contributed by atoms with E-state index in [9.17, 15) is 9.18 Å². The van der Waals surface area contributed by atoms with Crippen molar-refractivity contribution in [2.24, 2.45) is 0 Å².